The first-order valence-electron chi connectivity index (χ1n) is 8.76. The van der Waals surface area contributed by atoms with E-state index in [1.54, 1.807) is 35.2 Å². The second-order valence-electron chi connectivity index (χ2n) is 7.57. The number of Topliss-reactive ketones (excluding diaryl/α,β-unsaturated/α-hetero) is 1. The molecule has 0 radical (unpaired) electrons. The molecule has 1 aliphatic carbocycles. The van der Waals surface area contributed by atoms with Crippen molar-refractivity contribution in [3.05, 3.63) is 47.5 Å². The monoisotopic (exact) mass is 365 g/mol. The van der Waals surface area contributed by atoms with Crippen molar-refractivity contribution in [2.45, 2.75) is 38.8 Å². The van der Waals surface area contributed by atoms with Crippen LogP contribution in [0, 0.1) is 11.3 Å². The average Bonchev–Trinajstić information content (AvgIpc) is 2.58. The molecule has 6 heteroatoms. The van der Waals surface area contributed by atoms with Gasteiger partial charge in [-0.2, -0.15) is 13.2 Å². The molecule has 0 spiro atoms. The van der Waals surface area contributed by atoms with Crippen LogP contribution in [-0.2, 0) is 15.0 Å². The Kier molecular flexibility index (Phi) is 4.28. The second-order valence-corrected chi connectivity index (χ2v) is 7.57. The van der Waals surface area contributed by atoms with Crippen molar-refractivity contribution >= 4 is 11.7 Å². The molecule has 1 aromatic rings. The Morgan fingerprint density at radius 2 is 1.77 bits per heavy atom. The number of amides is 1. The zero-order chi connectivity index (χ0) is 19.3. The number of piperidine rings is 1. The van der Waals surface area contributed by atoms with Crippen molar-refractivity contribution in [3.63, 3.8) is 0 Å². The fourth-order valence-electron chi connectivity index (χ4n) is 4.55. The van der Waals surface area contributed by atoms with E-state index in [1.807, 2.05) is 6.92 Å². The van der Waals surface area contributed by atoms with Crippen molar-refractivity contribution < 1.29 is 22.8 Å². The minimum atomic E-state index is -4.80. The first kappa shape index (κ1) is 18.7. The molecule has 0 saturated carbocycles. The molecule has 140 valence electrons. The SMILES string of the molecule is CCN1CC[C@H]2C(C)(C)C(=O)C(C(F)(F)F)=C[C@@]2(c2ccccc2)C1=O. The van der Waals surface area contributed by atoms with Crippen LogP contribution in [0.4, 0.5) is 13.2 Å². The summed E-state index contributed by atoms with van der Waals surface area (Å²) >= 11 is 0. The van der Waals surface area contributed by atoms with E-state index in [0.29, 0.717) is 25.1 Å². The summed E-state index contributed by atoms with van der Waals surface area (Å²) in [6, 6.07) is 8.54. The number of halogens is 3. The third-order valence-corrected chi connectivity index (χ3v) is 5.89. The number of ketones is 1. The molecular weight excluding hydrogens is 343 g/mol. The summed E-state index contributed by atoms with van der Waals surface area (Å²) < 4.78 is 41.0. The maximum atomic E-state index is 13.7. The van der Waals surface area contributed by atoms with Gasteiger partial charge in [-0.05, 0) is 30.9 Å². The zero-order valence-electron chi connectivity index (χ0n) is 15.1. The van der Waals surface area contributed by atoms with Crippen LogP contribution in [0.3, 0.4) is 0 Å². The van der Waals surface area contributed by atoms with Gasteiger partial charge in [0.05, 0.1) is 11.0 Å². The highest BCUT2D eigenvalue weighted by atomic mass is 19.4. The van der Waals surface area contributed by atoms with Crippen LogP contribution in [-0.4, -0.2) is 35.9 Å². The third-order valence-electron chi connectivity index (χ3n) is 5.89. The largest absolute Gasteiger partial charge is 0.419 e. The minimum Gasteiger partial charge on any atom is -0.342 e. The van der Waals surface area contributed by atoms with Gasteiger partial charge >= 0.3 is 6.18 Å². The summed E-state index contributed by atoms with van der Waals surface area (Å²) in [6.07, 6.45) is -3.41. The summed E-state index contributed by atoms with van der Waals surface area (Å²) in [5, 5.41) is 0. The second kappa shape index (κ2) is 5.96. The number of benzene rings is 1. The van der Waals surface area contributed by atoms with Gasteiger partial charge < -0.3 is 4.90 Å². The van der Waals surface area contributed by atoms with Crippen LogP contribution in [0.1, 0.15) is 32.8 Å². The van der Waals surface area contributed by atoms with Crippen LogP contribution in [0.15, 0.2) is 42.0 Å². The molecule has 1 saturated heterocycles. The van der Waals surface area contributed by atoms with Gasteiger partial charge in [0.15, 0.2) is 5.78 Å². The van der Waals surface area contributed by atoms with Gasteiger partial charge in [0, 0.05) is 18.5 Å². The number of likely N-dealkylation sites (N-methyl/N-ethyl adjacent to an activating group) is 1. The summed E-state index contributed by atoms with van der Waals surface area (Å²) in [5.41, 5.74) is -3.47. The van der Waals surface area contributed by atoms with Gasteiger partial charge in [0.1, 0.15) is 0 Å². The lowest BCUT2D eigenvalue weighted by Crippen LogP contribution is -2.63. The highest BCUT2D eigenvalue weighted by molar-refractivity contribution is 6.06. The van der Waals surface area contributed by atoms with Crippen molar-refractivity contribution in [2.24, 2.45) is 11.3 Å². The first-order valence-corrected chi connectivity index (χ1v) is 8.76. The smallest absolute Gasteiger partial charge is 0.342 e. The maximum Gasteiger partial charge on any atom is 0.419 e. The third kappa shape index (κ3) is 2.49. The molecule has 26 heavy (non-hydrogen) atoms. The summed E-state index contributed by atoms with van der Waals surface area (Å²) in [7, 11) is 0. The number of likely N-dealkylation sites (tertiary alicyclic amines) is 1. The molecule has 1 amide bonds. The average molecular weight is 365 g/mol. The van der Waals surface area contributed by atoms with Gasteiger partial charge in [0.2, 0.25) is 5.91 Å². The van der Waals surface area contributed by atoms with Gasteiger partial charge in [-0.15, -0.1) is 0 Å². The van der Waals surface area contributed by atoms with Crippen LogP contribution in [0.2, 0.25) is 0 Å². The predicted molar refractivity (Wildman–Crippen MR) is 91.4 cm³/mol. The number of nitrogens with zero attached hydrogens (tertiary/aromatic N) is 1. The standard InChI is InChI=1S/C20H22F3NO2/c1-4-24-11-10-15-18(2,3)16(25)14(20(21,22)23)12-19(15,17(24)26)13-8-6-5-7-9-13/h5-9,12,15H,4,10-11H2,1-3H3/t15-,19-/m0/s1. The molecule has 1 aliphatic heterocycles. The van der Waals surface area contributed by atoms with E-state index >= 15 is 0 Å². The molecule has 2 aliphatic rings. The summed E-state index contributed by atoms with van der Waals surface area (Å²) in [5.74, 6) is -1.81. The Bertz CT molecular complexity index is 767. The molecule has 3 nitrogen and oxygen atoms in total. The number of rotatable bonds is 2. The lowest BCUT2D eigenvalue weighted by Gasteiger charge is -2.54. The van der Waals surface area contributed by atoms with E-state index in [9.17, 15) is 22.8 Å². The van der Waals surface area contributed by atoms with Gasteiger partial charge in [-0.1, -0.05) is 44.2 Å². The van der Waals surface area contributed by atoms with Gasteiger partial charge in [-0.3, -0.25) is 9.59 Å². The normalized spacial score (nSPS) is 28.6. The van der Waals surface area contributed by atoms with E-state index in [-0.39, 0.29) is 5.91 Å². The van der Waals surface area contributed by atoms with E-state index < -0.39 is 34.3 Å². The Labute approximate surface area is 150 Å². The Morgan fingerprint density at radius 1 is 1.15 bits per heavy atom. The van der Waals surface area contributed by atoms with E-state index in [1.165, 1.54) is 13.8 Å². The summed E-state index contributed by atoms with van der Waals surface area (Å²) in [6.45, 7) is 5.74. The molecule has 1 fully saturated rings. The van der Waals surface area contributed by atoms with Crippen LogP contribution < -0.4 is 0 Å². The highest BCUT2D eigenvalue weighted by Gasteiger charge is 2.63. The zero-order valence-corrected chi connectivity index (χ0v) is 15.1. The number of hydrogen-bond acceptors (Lipinski definition) is 2. The molecule has 0 bridgehead atoms. The molecule has 0 aromatic heterocycles. The van der Waals surface area contributed by atoms with Gasteiger partial charge in [0.25, 0.3) is 0 Å². The molecule has 1 heterocycles. The topological polar surface area (TPSA) is 37.4 Å². The molecule has 2 atom stereocenters. The number of fused-ring (bicyclic) bond motifs is 1. The Morgan fingerprint density at radius 3 is 2.31 bits per heavy atom. The first-order chi connectivity index (χ1) is 12.1. The number of alkyl halides is 3. The van der Waals surface area contributed by atoms with Crippen molar-refractivity contribution in [3.8, 4) is 0 Å². The Hall–Kier alpha value is -2.11. The molecular formula is C20H22F3NO2. The van der Waals surface area contributed by atoms with Crippen LogP contribution in [0.25, 0.3) is 0 Å². The van der Waals surface area contributed by atoms with Crippen molar-refractivity contribution in [1.82, 2.24) is 4.90 Å². The lowest BCUT2D eigenvalue weighted by molar-refractivity contribution is -0.153. The van der Waals surface area contributed by atoms with Crippen LogP contribution >= 0.6 is 0 Å². The predicted octanol–water partition coefficient (Wildman–Crippen LogP) is 3.89. The van der Waals surface area contributed by atoms with Gasteiger partial charge in [-0.25, -0.2) is 0 Å². The Balaban J connectivity index is 2.36. The minimum absolute atomic E-state index is 0.357. The molecule has 0 unspecified atom stereocenters. The fraction of sp³-hybridized carbons (Fsp3) is 0.500. The van der Waals surface area contributed by atoms with Crippen LogP contribution in [0.5, 0.6) is 0 Å². The lowest BCUT2D eigenvalue weighted by atomic mass is 9.51. The maximum absolute atomic E-state index is 13.7. The van der Waals surface area contributed by atoms with Crippen molar-refractivity contribution in [1.29, 1.82) is 0 Å². The van der Waals surface area contributed by atoms with E-state index in [0.717, 1.165) is 6.08 Å². The molecule has 3 rings (SSSR count). The molecule has 0 N–H and O–H groups in total. The van der Waals surface area contributed by atoms with E-state index in [4.69, 9.17) is 0 Å². The summed E-state index contributed by atoms with van der Waals surface area (Å²) in [4.78, 5) is 27.6. The quantitative estimate of drug-likeness (QED) is 0.797. The fourth-order valence-corrected chi connectivity index (χ4v) is 4.55. The number of carbonyl (C=O) groups is 2. The van der Waals surface area contributed by atoms with E-state index in [2.05, 4.69) is 0 Å². The highest BCUT2D eigenvalue weighted by Crippen LogP contribution is 2.55. The number of carbonyl (C=O) groups excluding carboxylic acids is 2. The number of hydrogen-bond donors (Lipinski definition) is 0. The van der Waals surface area contributed by atoms with Crippen molar-refractivity contribution in [2.75, 3.05) is 13.1 Å². The number of allylic oxidation sites excluding steroid dienone is 1. The molecule has 1 aromatic carbocycles.